The highest BCUT2D eigenvalue weighted by molar-refractivity contribution is 6.33. The maximum absolute atomic E-state index is 13.6. The molecule has 0 saturated heterocycles. The molecule has 5 aromatic rings. The van der Waals surface area contributed by atoms with Gasteiger partial charge in [-0.25, -0.2) is 0 Å². The van der Waals surface area contributed by atoms with E-state index >= 15 is 0 Å². The van der Waals surface area contributed by atoms with Gasteiger partial charge in [0.15, 0.2) is 5.76 Å². The minimum absolute atomic E-state index is 0.172. The number of hydrogen-bond donors (Lipinski definition) is 0. The van der Waals surface area contributed by atoms with Gasteiger partial charge in [0.05, 0.1) is 10.4 Å². The summed E-state index contributed by atoms with van der Waals surface area (Å²) in [5.74, 6) is 0.517. The van der Waals surface area contributed by atoms with Crippen LogP contribution in [0.2, 0.25) is 5.02 Å². The largest absolute Gasteiger partial charge is 0.481 e. The molecular formula is C28H21ClO3. The van der Waals surface area contributed by atoms with Crippen molar-refractivity contribution in [3.8, 4) is 17.1 Å². The molecule has 0 N–H and O–H groups in total. The summed E-state index contributed by atoms with van der Waals surface area (Å²) in [4.78, 5) is 13.6. The van der Waals surface area contributed by atoms with E-state index in [0.29, 0.717) is 27.3 Å². The zero-order chi connectivity index (χ0) is 22.2. The van der Waals surface area contributed by atoms with E-state index in [-0.39, 0.29) is 17.8 Å². The average molecular weight is 441 g/mol. The van der Waals surface area contributed by atoms with Gasteiger partial charge in [0.25, 0.3) is 0 Å². The van der Waals surface area contributed by atoms with E-state index in [1.807, 2.05) is 68.4 Å². The molecule has 0 aliphatic heterocycles. The highest BCUT2D eigenvalue weighted by Crippen LogP contribution is 2.36. The molecule has 0 spiro atoms. The highest BCUT2D eigenvalue weighted by Gasteiger charge is 2.21. The van der Waals surface area contributed by atoms with Gasteiger partial charge in [0, 0.05) is 5.56 Å². The molecule has 0 radical (unpaired) electrons. The zero-order valence-electron chi connectivity index (χ0n) is 17.8. The minimum atomic E-state index is -0.195. The number of halogens is 1. The molecule has 4 heteroatoms. The lowest BCUT2D eigenvalue weighted by Gasteiger charge is -2.14. The van der Waals surface area contributed by atoms with Gasteiger partial charge in [0.1, 0.15) is 12.2 Å². The van der Waals surface area contributed by atoms with Crippen LogP contribution < -0.4 is 10.2 Å². The van der Waals surface area contributed by atoms with Gasteiger partial charge in [0.2, 0.25) is 11.2 Å². The van der Waals surface area contributed by atoms with Crippen molar-refractivity contribution in [2.45, 2.75) is 20.5 Å². The van der Waals surface area contributed by atoms with Gasteiger partial charge in [-0.3, -0.25) is 4.79 Å². The first-order valence-electron chi connectivity index (χ1n) is 10.5. The second-order valence-corrected chi connectivity index (χ2v) is 8.36. The molecule has 0 bridgehead atoms. The summed E-state index contributed by atoms with van der Waals surface area (Å²) in [5.41, 5.74) is 3.83. The Hall–Kier alpha value is -3.56. The second kappa shape index (κ2) is 8.18. The number of fused-ring (bicyclic) bond motifs is 2. The zero-order valence-corrected chi connectivity index (χ0v) is 18.6. The van der Waals surface area contributed by atoms with Crippen LogP contribution in [0.15, 0.2) is 88.1 Å². The lowest BCUT2D eigenvalue weighted by atomic mass is 10.0. The number of ether oxygens (including phenoxy) is 1. The molecule has 5 rings (SSSR count). The van der Waals surface area contributed by atoms with E-state index in [0.717, 1.165) is 27.5 Å². The van der Waals surface area contributed by atoms with Crippen molar-refractivity contribution in [2.75, 3.05) is 0 Å². The summed E-state index contributed by atoms with van der Waals surface area (Å²) in [6.07, 6.45) is 0. The molecular weight excluding hydrogens is 420 g/mol. The summed E-state index contributed by atoms with van der Waals surface area (Å²) in [5, 5.41) is 3.23. The molecule has 0 aliphatic carbocycles. The molecule has 0 amide bonds. The highest BCUT2D eigenvalue weighted by atomic mass is 35.5. The normalized spacial score (nSPS) is 11.2. The summed E-state index contributed by atoms with van der Waals surface area (Å²) >= 11 is 6.47. The lowest BCUT2D eigenvalue weighted by Crippen LogP contribution is -2.11. The Kier molecular flexibility index (Phi) is 5.20. The van der Waals surface area contributed by atoms with Crippen LogP contribution in [0.1, 0.15) is 16.7 Å². The Balaban J connectivity index is 1.70. The maximum Gasteiger partial charge on any atom is 0.235 e. The van der Waals surface area contributed by atoms with Crippen LogP contribution in [0.4, 0.5) is 0 Å². The monoisotopic (exact) mass is 440 g/mol. The van der Waals surface area contributed by atoms with Crippen molar-refractivity contribution < 1.29 is 9.15 Å². The second-order valence-electron chi connectivity index (χ2n) is 7.95. The van der Waals surface area contributed by atoms with Crippen LogP contribution in [-0.4, -0.2) is 0 Å². The van der Waals surface area contributed by atoms with Crippen molar-refractivity contribution in [3.63, 3.8) is 0 Å². The molecule has 158 valence electrons. The molecule has 3 nitrogen and oxygen atoms in total. The van der Waals surface area contributed by atoms with Crippen molar-refractivity contribution in [3.05, 3.63) is 111 Å². The Morgan fingerprint density at radius 2 is 1.66 bits per heavy atom. The molecule has 0 saturated carbocycles. The van der Waals surface area contributed by atoms with E-state index in [4.69, 9.17) is 20.8 Å². The fourth-order valence-electron chi connectivity index (χ4n) is 4.20. The van der Waals surface area contributed by atoms with E-state index in [1.165, 1.54) is 0 Å². The summed E-state index contributed by atoms with van der Waals surface area (Å²) < 4.78 is 12.5. The first kappa shape index (κ1) is 20.3. The SMILES string of the molecule is Cc1cc(C)c2c(=O)c(OCc3cccc4ccccc34)c(-c3ccccc3Cl)oc2c1. The van der Waals surface area contributed by atoms with Crippen LogP contribution in [0.3, 0.4) is 0 Å². The number of benzene rings is 4. The first-order chi connectivity index (χ1) is 15.5. The fourth-order valence-corrected chi connectivity index (χ4v) is 4.42. The quantitative estimate of drug-likeness (QED) is 0.291. The van der Waals surface area contributed by atoms with Crippen LogP contribution in [0.5, 0.6) is 5.75 Å². The Bertz CT molecular complexity index is 1530. The van der Waals surface area contributed by atoms with Crippen LogP contribution in [0, 0.1) is 13.8 Å². The Morgan fingerprint density at radius 3 is 2.50 bits per heavy atom. The topological polar surface area (TPSA) is 39.4 Å². The predicted octanol–water partition coefficient (Wildman–Crippen LogP) is 7.46. The third-order valence-electron chi connectivity index (χ3n) is 5.67. The van der Waals surface area contributed by atoms with E-state index in [1.54, 1.807) is 6.07 Å². The van der Waals surface area contributed by atoms with Crippen LogP contribution in [-0.2, 0) is 6.61 Å². The van der Waals surface area contributed by atoms with E-state index < -0.39 is 0 Å². The third-order valence-corrected chi connectivity index (χ3v) is 6.00. The molecule has 0 atom stereocenters. The van der Waals surface area contributed by atoms with Gasteiger partial charge in [-0.2, -0.15) is 0 Å². The summed E-state index contributed by atoms with van der Waals surface area (Å²) in [6.45, 7) is 4.13. The van der Waals surface area contributed by atoms with Crippen LogP contribution in [0.25, 0.3) is 33.1 Å². The van der Waals surface area contributed by atoms with E-state index in [9.17, 15) is 4.79 Å². The Morgan fingerprint density at radius 1 is 0.906 bits per heavy atom. The van der Waals surface area contributed by atoms with E-state index in [2.05, 4.69) is 18.2 Å². The fraction of sp³-hybridized carbons (Fsp3) is 0.107. The molecule has 1 heterocycles. The van der Waals surface area contributed by atoms with Crippen molar-refractivity contribution in [2.24, 2.45) is 0 Å². The standard InChI is InChI=1S/C28H21ClO3/c1-17-14-18(2)25-24(15-17)32-27(22-12-5-6-13-23(22)29)28(26(25)30)31-16-20-10-7-9-19-8-3-4-11-21(19)20/h3-15H,16H2,1-2H3. The van der Waals surface area contributed by atoms with Crippen molar-refractivity contribution in [1.82, 2.24) is 0 Å². The van der Waals surface area contributed by atoms with Gasteiger partial charge in [-0.15, -0.1) is 0 Å². The van der Waals surface area contributed by atoms with Gasteiger partial charge >= 0.3 is 0 Å². The Labute approximate surface area is 190 Å². The molecule has 0 unspecified atom stereocenters. The molecule has 0 aliphatic rings. The average Bonchev–Trinajstić information content (AvgIpc) is 2.78. The molecule has 4 aromatic carbocycles. The number of aryl methyl sites for hydroxylation is 2. The molecule has 1 aromatic heterocycles. The summed E-state index contributed by atoms with van der Waals surface area (Å²) in [7, 11) is 0. The van der Waals surface area contributed by atoms with Gasteiger partial charge < -0.3 is 9.15 Å². The van der Waals surface area contributed by atoms with Gasteiger partial charge in [-0.05, 0) is 59.5 Å². The first-order valence-corrected chi connectivity index (χ1v) is 10.8. The minimum Gasteiger partial charge on any atom is -0.481 e. The van der Waals surface area contributed by atoms with Crippen LogP contribution >= 0.6 is 11.6 Å². The number of rotatable bonds is 4. The maximum atomic E-state index is 13.6. The third kappa shape index (κ3) is 3.55. The lowest BCUT2D eigenvalue weighted by molar-refractivity contribution is 0.299. The predicted molar refractivity (Wildman–Crippen MR) is 131 cm³/mol. The molecule has 0 fully saturated rings. The van der Waals surface area contributed by atoms with Crippen molar-refractivity contribution >= 4 is 33.3 Å². The number of hydrogen-bond acceptors (Lipinski definition) is 3. The van der Waals surface area contributed by atoms with Crippen molar-refractivity contribution in [1.29, 1.82) is 0 Å². The molecule has 32 heavy (non-hydrogen) atoms. The summed E-state index contributed by atoms with van der Waals surface area (Å²) in [6, 6.07) is 25.3. The smallest absolute Gasteiger partial charge is 0.235 e. The van der Waals surface area contributed by atoms with Gasteiger partial charge in [-0.1, -0.05) is 72.3 Å².